The van der Waals surface area contributed by atoms with Crippen LogP contribution >= 0.6 is 11.3 Å². The Bertz CT molecular complexity index is 920. The van der Waals surface area contributed by atoms with Crippen molar-refractivity contribution in [2.24, 2.45) is 0 Å². The number of rotatable bonds is 6. The van der Waals surface area contributed by atoms with E-state index in [2.05, 4.69) is 20.4 Å². The fourth-order valence-corrected chi connectivity index (χ4v) is 3.02. The maximum Gasteiger partial charge on any atom is 0.311 e. The number of ether oxygens (including phenoxy) is 1. The Morgan fingerprint density at radius 1 is 1.35 bits per heavy atom. The number of hydrogen-bond donors (Lipinski definition) is 1. The second-order valence-corrected chi connectivity index (χ2v) is 6.18. The zero-order chi connectivity index (χ0) is 18.5. The van der Waals surface area contributed by atoms with Crippen molar-refractivity contribution in [3.63, 3.8) is 0 Å². The number of amides is 1. The molecule has 0 saturated heterocycles. The number of hydrogen-bond acceptors (Lipinski definition) is 7. The maximum atomic E-state index is 12.5. The zero-order valence-electron chi connectivity index (χ0n) is 14.3. The molecule has 0 radical (unpaired) electrons. The van der Waals surface area contributed by atoms with E-state index in [-0.39, 0.29) is 18.3 Å². The Morgan fingerprint density at radius 2 is 2.19 bits per heavy atom. The second kappa shape index (κ2) is 7.87. The summed E-state index contributed by atoms with van der Waals surface area (Å²) in [5.41, 5.74) is 1.66. The van der Waals surface area contributed by atoms with Crippen LogP contribution in [0.1, 0.15) is 28.7 Å². The molecular formula is C17H17N5O3S. The van der Waals surface area contributed by atoms with Gasteiger partial charge >= 0.3 is 5.97 Å². The molecule has 3 heterocycles. The molecule has 3 rings (SSSR count). The Balaban J connectivity index is 1.70. The van der Waals surface area contributed by atoms with Gasteiger partial charge in [-0.2, -0.15) is 5.10 Å². The summed E-state index contributed by atoms with van der Waals surface area (Å²) in [7, 11) is 0. The molecule has 134 valence electrons. The van der Waals surface area contributed by atoms with E-state index in [9.17, 15) is 9.59 Å². The van der Waals surface area contributed by atoms with Crippen molar-refractivity contribution >= 4 is 28.3 Å². The minimum absolute atomic E-state index is 0.0802. The largest absolute Gasteiger partial charge is 0.466 e. The van der Waals surface area contributed by atoms with Crippen molar-refractivity contribution in [3.8, 4) is 5.82 Å². The molecule has 0 unspecified atom stereocenters. The first-order valence-electron chi connectivity index (χ1n) is 7.96. The van der Waals surface area contributed by atoms with E-state index in [0.29, 0.717) is 34.5 Å². The minimum Gasteiger partial charge on any atom is -0.466 e. The number of aromatic nitrogens is 4. The summed E-state index contributed by atoms with van der Waals surface area (Å²) in [6.45, 7) is 3.87. The highest BCUT2D eigenvalue weighted by Gasteiger charge is 2.17. The van der Waals surface area contributed by atoms with Gasteiger partial charge in [0.1, 0.15) is 0 Å². The van der Waals surface area contributed by atoms with Gasteiger partial charge in [-0.1, -0.05) is 6.07 Å². The predicted molar refractivity (Wildman–Crippen MR) is 96.5 cm³/mol. The van der Waals surface area contributed by atoms with Gasteiger partial charge in [0.15, 0.2) is 10.9 Å². The molecule has 3 aromatic heterocycles. The van der Waals surface area contributed by atoms with E-state index >= 15 is 0 Å². The van der Waals surface area contributed by atoms with Gasteiger partial charge in [-0.15, -0.1) is 11.3 Å². The van der Waals surface area contributed by atoms with Crippen molar-refractivity contribution in [2.75, 3.05) is 11.9 Å². The molecule has 0 aliphatic heterocycles. The summed E-state index contributed by atoms with van der Waals surface area (Å²) >= 11 is 1.25. The summed E-state index contributed by atoms with van der Waals surface area (Å²) in [5.74, 6) is -0.0279. The van der Waals surface area contributed by atoms with Gasteiger partial charge in [0, 0.05) is 11.6 Å². The van der Waals surface area contributed by atoms with Gasteiger partial charge in [0.2, 0.25) is 0 Å². The smallest absolute Gasteiger partial charge is 0.311 e. The molecule has 0 atom stereocenters. The highest BCUT2D eigenvalue weighted by atomic mass is 32.1. The van der Waals surface area contributed by atoms with Crippen LogP contribution in [-0.2, 0) is 16.0 Å². The first-order valence-corrected chi connectivity index (χ1v) is 8.84. The minimum atomic E-state index is -0.344. The lowest BCUT2D eigenvalue weighted by Gasteiger charge is -2.04. The SMILES string of the molecule is CCOC(=O)Cc1csc(NC(=O)c2cnn(-c3ccccn3)c2C)n1. The first-order chi connectivity index (χ1) is 12.6. The van der Waals surface area contributed by atoms with E-state index in [1.807, 2.05) is 18.2 Å². The summed E-state index contributed by atoms with van der Waals surface area (Å²) in [5, 5.41) is 9.10. The van der Waals surface area contributed by atoms with E-state index in [4.69, 9.17) is 4.74 Å². The van der Waals surface area contributed by atoms with Gasteiger partial charge in [-0.05, 0) is 26.0 Å². The molecule has 0 aromatic carbocycles. The molecule has 0 spiro atoms. The lowest BCUT2D eigenvalue weighted by molar-refractivity contribution is -0.142. The first kappa shape index (κ1) is 17.7. The van der Waals surface area contributed by atoms with Crippen molar-refractivity contribution < 1.29 is 14.3 Å². The highest BCUT2D eigenvalue weighted by Crippen LogP contribution is 2.19. The highest BCUT2D eigenvalue weighted by molar-refractivity contribution is 7.14. The molecule has 3 aromatic rings. The summed E-state index contributed by atoms with van der Waals surface area (Å²) in [6.07, 6.45) is 3.24. The summed E-state index contributed by atoms with van der Waals surface area (Å²) < 4.78 is 6.49. The lowest BCUT2D eigenvalue weighted by Crippen LogP contribution is -2.13. The topological polar surface area (TPSA) is 99.0 Å². The molecule has 0 saturated carbocycles. The third kappa shape index (κ3) is 3.94. The van der Waals surface area contributed by atoms with Crippen LogP contribution in [0.25, 0.3) is 5.82 Å². The number of carbonyl (C=O) groups is 2. The Labute approximate surface area is 153 Å². The van der Waals surface area contributed by atoms with Gasteiger partial charge in [0.25, 0.3) is 5.91 Å². The van der Waals surface area contributed by atoms with Crippen molar-refractivity contribution in [3.05, 3.63) is 52.9 Å². The van der Waals surface area contributed by atoms with E-state index < -0.39 is 0 Å². The van der Waals surface area contributed by atoms with Crippen molar-refractivity contribution in [1.29, 1.82) is 0 Å². The molecule has 26 heavy (non-hydrogen) atoms. The molecule has 0 aliphatic rings. The number of anilines is 1. The van der Waals surface area contributed by atoms with Crippen LogP contribution in [0.2, 0.25) is 0 Å². The van der Waals surface area contributed by atoms with Crippen molar-refractivity contribution in [1.82, 2.24) is 19.7 Å². The van der Waals surface area contributed by atoms with Crippen LogP contribution in [0.3, 0.4) is 0 Å². The number of nitrogens with zero attached hydrogens (tertiary/aromatic N) is 4. The standard InChI is InChI=1S/C17H17N5O3S/c1-3-25-15(23)8-12-10-26-17(20-12)21-16(24)13-9-19-22(11(13)2)14-6-4-5-7-18-14/h4-7,9-10H,3,8H2,1-2H3,(H,20,21,24). The molecule has 8 nitrogen and oxygen atoms in total. The fraction of sp³-hybridized carbons (Fsp3) is 0.235. The number of thiazole rings is 1. The monoisotopic (exact) mass is 371 g/mol. The van der Waals surface area contributed by atoms with Crippen molar-refractivity contribution in [2.45, 2.75) is 20.3 Å². The van der Waals surface area contributed by atoms with E-state index in [0.717, 1.165) is 0 Å². The average Bonchev–Trinajstić information content (AvgIpc) is 3.22. The van der Waals surface area contributed by atoms with E-state index in [1.54, 1.807) is 30.1 Å². The maximum absolute atomic E-state index is 12.5. The van der Waals surface area contributed by atoms with Gasteiger partial charge in [0.05, 0.1) is 36.2 Å². The molecule has 1 N–H and O–H groups in total. The third-order valence-corrected chi connectivity index (χ3v) is 4.33. The second-order valence-electron chi connectivity index (χ2n) is 5.32. The van der Waals surface area contributed by atoms with Gasteiger partial charge < -0.3 is 4.74 Å². The molecule has 0 bridgehead atoms. The third-order valence-electron chi connectivity index (χ3n) is 3.52. The number of nitrogens with one attached hydrogen (secondary N) is 1. The number of carbonyl (C=O) groups excluding carboxylic acids is 2. The summed E-state index contributed by atoms with van der Waals surface area (Å²) in [4.78, 5) is 32.5. The van der Waals surface area contributed by atoms with Crippen LogP contribution in [0, 0.1) is 6.92 Å². The number of pyridine rings is 1. The molecule has 9 heteroatoms. The Hall–Kier alpha value is -3.07. The molecule has 0 fully saturated rings. The molecule has 0 aliphatic carbocycles. The summed E-state index contributed by atoms with van der Waals surface area (Å²) in [6, 6.07) is 5.47. The molecular weight excluding hydrogens is 354 g/mol. The van der Waals surface area contributed by atoms with Crippen LogP contribution in [0.15, 0.2) is 36.0 Å². The normalized spacial score (nSPS) is 10.5. The fourth-order valence-electron chi connectivity index (χ4n) is 2.31. The van der Waals surface area contributed by atoms with Crippen LogP contribution in [-0.4, -0.2) is 38.2 Å². The van der Waals surface area contributed by atoms with Crippen LogP contribution in [0.4, 0.5) is 5.13 Å². The molecule has 1 amide bonds. The Kier molecular flexibility index (Phi) is 5.37. The predicted octanol–water partition coefficient (Wildman–Crippen LogP) is 2.39. The zero-order valence-corrected chi connectivity index (χ0v) is 15.1. The van der Waals surface area contributed by atoms with Crippen LogP contribution in [0.5, 0.6) is 0 Å². The average molecular weight is 371 g/mol. The number of esters is 1. The van der Waals surface area contributed by atoms with Crippen LogP contribution < -0.4 is 5.32 Å². The lowest BCUT2D eigenvalue weighted by atomic mass is 10.2. The van der Waals surface area contributed by atoms with Gasteiger partial charge in [-0.25, -0.2) is 14.6 Å². The van der Waals surface area contributed by atoms with E-state index in [1.165, 1.54) is 17.5 Å². The quantitative estimate of drug-likeness (QED) is 0.668. The van der Waals surface area contributed by atoms with Gasteiger partial charge in [-0.3, -0.25) is 14.9 Å². The Morgan fingerprint density at radius 3 is 2.92 bits per heavy atom.